The summed E-state index contributed by atoms with van der Waals surface area (Å²) >= 11 is 1.80. The number of anilines is 1. The maximum atomic E-state index is 4.76. The lowest BCUT2D eigenvalue weighted by Crippen LogP contribution is -2.37. The number of rotatable bonds is 6. The summed E-state index contributed by atoms with van der Waals surface area (Å²) in [5.41, 5.74) is 1.20. The quantitative estimate of drug-likeness (QED) is 0.801. The summed E-state index contributed by atoms with van der Waals surface area (Å²) in [6.45, 7) is 7.74. The maximum Gasteiger partial charge on any atom is 0.185 e. The summed E-state index contributed by atoms with van der Waals surface area (Å²) in [5.74, 6) is 0. The van der Waals surface area contributed by atoms with E-state index in [4.69, 9.17) is 4.98 Å². The number of aromatic nitrogens is 1. The van der Waals surface area contributed by atoms with Gasteiger partial charge < -0.3 is 10.2 Å². The van der Waals surface area contributed by atoms with Gasteiger partial charge in [0, 0.05) is 24.5 Å². The molecule has 1 aromatic heterocycles. The molecule has 1 aliphatic heterocycles. The van der Waals surface area contributed by atoms with Gasteiger partial charge in [-0.15, -0.1) is 11.3 Å². The Morgan fingerprint density at radius 1 is 1.50 bits per heavy atom. The second-order valence-corrected chi connectivity index (χ2v) is 6.03. The normalized spacial score (nSPS) is 20.3. The van der Waals surface area contributed by atoms with Gasteiger partial charge in [0.1, 0.15) is 0 Å². The SMILES string of the molecule is CCCCNCc1csc(N2CCCCC2C)n1. The third kappa shape index (κ3) is 3.69. The van der Waals surface area contributed by atoms with E-state index in [0.29, 0.717) is 6.04 Å². The summed E-state index contributed by atoms with van der Waals surface area (Å²) in [4.78, 5) is 7.24. The lowest BCUT2D eigenvalue weighted by atomic mass is 10.1. The molecule has 3 nitrogen and oxygen atoms in total. The predicted molar refractivity (Wildman–Crippen MR) is 79.4 cm³/mol. The first-order chi connectivity index (χ1) is 8.81. The van der Waals surface area contributed by atoms with Gasteiger partial charge in [0.05, 0.1) is 5.69 Å². The summed E-state index contributed by atoms with van der Waals surface area (Å²) in [6.07, 6.45) is 6.49. The zero-order chi connectivity index (χ0) is 12.8. The van der Waals surface area contributed by atoms with E-state index in [0.717, 1.165) is 13.1 Å². The lowest BCUT2D eigenvalue weighted by Gasteiger charge is -2.33. The molecule has 1 unspecified atom stereocenters. The monoisotopic (exact) mass is 267 g/mol. The van der Waals surface area contributed by atoms with E-state index < -0.39 is 0 Å². The molecule has 1 atom stereocenters. The van der Waals surface area contributed by atoms with Crippen LogP contribution < -0.4 is 10.2 Å². The minimum absolute atomic E-state index is 0.658. The van der Waals surface area contributed by atoms with Gasteiger partial charge in [-0.25, -0.2) is 4.98 Å². The number of hydrogen-bond donors (Lipinski definition) is 1. The molecule has 4 heteroatoms. The van der Waals surface area contributed by atoms with Crippen LogP contribution in [0.25, 0.3) is 0 Å². The summed E-state index contributed by atoms with van der Waals surface area (Å²) < 4.78 is 0. The van der Waals surface area contributed by atoms with Crippen LogP contribution in [0.5, 0.6) is 0 Å². The Labute approximate surface area is 115 Å². The number of hydrogen-bond acceptors (Lipinski definition) is 4. The zero-order valence-corrected chi connectivity index (χ0v) is 12.4. The number of nitrogens with zero attached hydrogens (tertiary/aromatic N) is 2. The van der Waals surface area contributed by atoms with Crippen molar-refractivity contribution in [3.8, 4) is 0 Å². The Kier molecular flexibility index (Phi) is 5.45. The molecule has 2 rings (SSSR count). The van der Waals surface area contributed by atoms with Gasteiger partial charge in [-0.3, -0.25) is 0 Å². The van der Waals surface area contributed by atoms with Crippen molar-refractivity contribution in [2.45, 2.75) is 58.5 Å². The van der Waals surface area contributed by atoms with Gasteiger partial charge in [-0.2, -0.15) is 0 Å². The van der Waals surface area contributed by atoms with E-state index in [1.54, 1.807) is 11.3 Å². The van der Waals surface area contributed by atoms with Crippen LogP contribution in [0.1, 0.15) is 51.6 Å². The molecular weight excluding hydrogens is 242 g/mol. The smallest absolute Gasteiger partial charge is 0.185 e. The topological polar surface area (TPSA) is 28.2 Å². The van der Waals surface area contributed by atoms with Crippen molar-refractivity contribution in [3.63, 3.8) is 0 Å². The molecule has 0 radical (unpaired) electrons. The predicted octanol–water partition coefficient (Wildman–Crippen LogP) is 3.41. The van der Waals surface area contributed by atoms with Gasteiger partial charge in [0.25, 0.3) is 0 Å². The van der Waals surface area contributed by atoms with Crippen molar-refractivity contribution in [1.29, 1.82) is 0 Å². The van der Waals surface area contributed by atoms with Gasteiger partial charge in [-0.05, 0) is 39.2 Å². The molecule has 1 aliphatic rings. The molecule has 0 aliphatic carbocycles. The molecule has 1 fully saturated rings. The fourth-order valence-corrected chi connectivity index (χ4v) is 3.36. The van der Waals surface area contributed by atoms with Crippen molar-refractivity contribution in [2.24, 2.45) is 0 Å². The molecule has 18 heavy (non-hydrogen) atoms. The average Bonchev–Trinajstić information content (AvgIpc) is 2.84. The van der Waals surface area contributed by atoms with E-state index in [9.17, 15) is 0 Å². The highest BCUT2D eigenvalue weighted by Gasteiger charge is 2.20. The van der Waals surface area contributed by atoms with Crippen LogP contribution in [0, 0.1) is 0 Å². The first kappa shape index (κ1) is 13.8. The van der Waals surface area contributed by atoms with E-state index in [1.165, 1.54) is 49.5 Å². The molecule has 0 amide bonds. The first-order valence-electron chi connectivity index (χ1n) is 7.23. The molecule has 1 aromatic rings. The first-order valence-corrected chi connectivity index (χ1v) is 8.11. The van der Waals surface area contributed by atoms with Crippen LogP contribution in [0.15, 0.2) is 5.38 Å². The zero-order valence-electron chi connectivity index (χ0n) is 11.6. The second kappa shape index (κ2) is 7.10. The van der Waals surface area contributed by atoms with Crippen molar-refractivity contribution in [3.05, 3.63) is 11.1 Å². The highest BCUT2D eigenvalue weighted by atomic mass is 32.1. The van der Waals surface area contributed by atoms with Crippen molar-refractivity contribution >= 4 is 16.5 Å². The largest absolute Gasteiger partial charge is 0.345 e. The fourth-order valence-electron chi connectivity index (χ4n) is 2.41. The molecule has 0 bridgehead atoms. The highest BCUT2D eigenvalue weighted by Crippen LogP contribution is 2.27. The van der Waals surface area contributed by atoms with Gasteiger partial charge in [0.15, 0.2) is 5.13 Å². The van der Waals surface area contributed by atoms with Gasteiger partial charge in [-0.1, -0.05) is 13.3 Å². The third-order valence-electron chi connectivity index (χ3n) is 3.60. The highest BCUT2D eigenvalue weighted by molar-refractivity contribution is 7.13. The van der Waals surface area contributed by atoms with Gasteiger partial charge >= 0.3 is 0 Å². The minimum atomic E-state index is 0.658. The Hall–Kier alpha value is -0.610. The van der Waals surface area contributed by atoms with Crippen LogP contribution in [-0.2, 0) is 6.54 Å². The van der Waals surface area contributed by atoms with Gasteiger partial charge in [0.2, 0.25) is 0 Å². The molecule has 0 saturated carbocycles. The molecule has 1 N–H and O–H groups in total. The number of thiazole rings is 1. The molecule has 0 spiro atoms. The van der Waals surface area contributed by atoms with E-state index in [-0.39, 0.29) is 0 Å². The summed E-state index contributed by atoms with van der Waals surface area (Å²) in [7, 11) is 0. The Morgan fingerprint density at radius 2 is 2.39 bits per heavy atom. The Bertz CT molecular complexity index is 351. The Morgan fingerprint density at radius 3 is 3.17 bits per heavy atom. The fraction of sp³-hybridized carbons (Fsp3) is 0.786. The van der Waals surface area contributed by atoms with Crippen LogP contribution in [0.4, 0.5) is 5.13 Å². The molecule has 0 aromatic carbocycles. The average molecular weight is 267 g/mol. The molecule has 2 heterocycles. The van der Waals surface area contributed by atoms with Crippen LogP contribution in [0.3, 0.4) is 0 Å². The van der Waals surface area contributed by atoms with Crippen molar-refractivity contribution in [2.75, 3.05) is 18.0 Å². The second-order valence-electron chi connectivity index (χ2n) is 5.19. The summed E-state index contributed by atoms with van der Waals surface area (Å²) in [6, 6.07) is 0.658. The molecule has 1 saturated heterocycles. The van der Waals surface area contributed by atoms with E-state index in [1.807, 2.05) is 0 Å². The van der Waals surface area contributed by atoms with Crippen molar-refractivity contribution < 1.29 is 0 Å². The summed E-state index contributed by atoms with van der Waals surface area (Å²) in [5, 5.41) is 6.88. The van der Waals surface area contributed by atoms with E-state index in [2.05, 4.69) is 29.4 Å². The Balaban J connectivity index is 1.85. The minimum Gasteiger partial charge on any atom is -0.345 e. The van der Waals surface area contributed by atoms with Crippen molar-refractivity contribution in [1.82, 2.24) is 10.3 Å². The standard InChI is InChI=1S/C14H25N3S/c1-3-4-8-15-10-13-11-18-14(16-13)17-9-6-5-7-12(17)2/h11-12,15H,3-10H2,1-2H3. The molecular formula is C14H25N3S. The molecule has 102 valence electrons. The van der Waals surface area contributed by atoms with Crippen LogP contribution in [0.2, 0.25) is 0 Å². The maximum absolute atomic E-state index is 4.76. The number of nitrogens with one attached hydrogen (secondary N) is 1. The number of unbranched alkanes of at least 4 members (excludes halogenated alkanes) is 1. The van der Waals surface area contributed by atoms with Crippen LogP contribution in [-0.4, -0.2) is 24.1 Å². The van der Waals surface area contributed by atoms with Crippen LogP contribution >= 0.6 is 11.3 Å². The number of piperidine rings is 1. The third-order valence-corrected chi connectivity index (χ3v) is 4.53. The lowest BCUT2D eigenvalue weighted by molar-refractivity contribution is 0.483. The van der Waals surface area contributed by atoms with E-state index >= 15 is 0 Å².